The zero-order valence-electron chi connectivity index (χ0n) is 19.7. The molecule has 0 aliphatic rings. The summed E-state index contributed by atoms with van der Waals surface area (Å²) in [6, 6.07) is 0. The minimum Gasteiger partial charge on any atom is -0.393 e. The summed E-state index contributed by atoms with van der Waals surface area (Å²) in [5.74, 6) is 0. The molecule has 27 heavy (non-hydrogen) atoms. The Morgan fingerprint density at radius 1 is 0.481 bits per heavy atom. The molecule has 0 aliphatic carbocycles. The third-order valence-corrected chi connectivity index (χ3v) is 6.62. The van der Waals surface area contributed by atoms with Crippen molar-refractivity contribution in [2.24, 2.45) is 5.41 Å². The van der Waals surface area contributed by atoms with Crippen LogP contribution in [-0.2, 0) is 0 Å². The molecule has 1 unspecified atom stereocenters. The third kappa shape index (κ3) is 13.7. The summed E-state index contributed by atoms with van der Waals surface area (Å²) < 4.78 is 0. The van der Waals surface area contributed by atoms with E-state index in [2.05, 4.69) is 27.7 Å². The molecular weight excluding hydrogens is 328 g/mol. The first kappa shape index (κ1) is 27.0. The fraction of sp³-hybridized carbons (Fsp3) is 1.00. The molecule has 0 amide bonds. The van der Waals surface area contributed by atoms with Crippen molar-refractivity contribution in [2.75, 3.05) is 0 Å². The minimum atomic E-state index is -0.0702. The zero-order valence-corrected chi connectivity index (χ0v) is 19.7. The van der Waals surface area contributed by atoms with Gasteiger partial charge in [-0.05, 0) is 31.1 Å². The van der Waals surface area contributed by atoms with Gasteiger partial charge in [-0.3, -0.25) is 0 Å². The second kappa shape index (κ2) is 19.3. The molecule has 1 nitrogen and oxygen atoms in total. The number of aliphatic hydroxyl groups excluding tert-OH is 1. The van der Waals surface area contributed by atoms with E-state index in [1.807, 2.05) is 0 Å². The van der Waals surface area contributed by atoms with Gasteiger partial charge in [0.15, 0.2) is 0 Å². The summed E-state index contributed by atoms with van der Waals surface area (Å²) in [4.78, 5) is 0. The maximum absolute atomic E-state index is 11.3. The first-order chi connectivity index (χ1) is 13.2. The second-order valence-electron chi connectivity index (χ2n) is 9.16. The second-order valence-corrected chi connectivity index (χ2v) is 9.16. The predicted octanol–water partition coefficient (Wildman–Crippen LogP) is 9.22. The third-order valence-electron chi connectivity index (χ3n) is 6.62. The van der Waals surface area contributed by atoms with Gasteiger partial charge in [0.2, 0.25) is 0 Å². The Morgan fingerprint density at radius 2 is 0.815 bits per heavy atom. The fourth-order valence-electron chi connectivity index (χ4n) is 4.66. The van der Waals surface area contributed by atoms with E-state index < -0.39 is 0 Å². The number of hydrogen-bond acceptors (Lipinski definition) is 1. The van der Waals surface area contributed by atoms with Gasteiger partial charge in [0.05, 0.1) is 6.10 Å². The van der Waals surface area contributed by atoms with Crippen LogP contribution in [0, 0.1) is 5.41 Å². The average molecular weight is 383 g/mol. The first-order valence-corrected chi connectivity index (χ1v) is 12.8. The summed E-state index contributed by atoms with van der Waals surface area (Å²) in [5, 5.41) is 11.3. The van der Waals surface area contributed by atoms with Crippen molar-refractivity contribution in [3.8, 4) is 0 Å². The Kier molecular flexibility index (Phi) is 19.3. The molecule has 0 saturated carbocycles. The minimum absolute atomic E-state index is 0.0702. The molecule has 0 spiro atoms. The van der Waals surface area contributed by atoms with Crippen molar-refractivity contribution in [3.05, 3.63) is 0 Å². The highest BCUT2D eigenvalue weighted by molar-refractivity contribution is 4.87. The average Bonchev–Trinajstić information content (AvgIpc) is 2.68. The van der Waals surface area contributed by atoms with Gasteiger partial charge in [-0.15, -0.1) is 0 Å². The van der Waals surface area contributed by atoms with Crippen molar-refractivity contribution in [3.63, 3.8) is 0 Å². The van der Waals surface area contributed by atoms with E-state index in [1.54, 1.807) is 0 Å². The van der Waals surface area contributed by atoms with Gasteiger partial charge in [0, 0.05) is 0 Å². The first-order valence-electron chi connectivity index (χ1n) is 12.8. The van der Waals surface area contributed by atoms with E-state index in [4.69, 9.17) is 0 Å². The highest BCUT2D eigenvalue weighted by Gasteiger charge is 2.35. The zero-order chi connectivity index (χ0) is 20.2. The molecule has 0 aromatic carbocycles. The van der Waals surface area contributed by atoms with E-state index in [-0.39, 0.29) is 11.5 Å². The Balaban J connectivity index is 4.90. The standard InChI is InChI=1S/C26H54O/c1-5-9-13-17-21-25(27)26(22-18-14-10-6-2,23-19-15-11-7-3)24-20-16-12-8-4/h25,27H,5-24H2,1-4H3. The van der Waals surface area contributed by atoms with Crippen LogP contribution in [0.2, 0.25) is 0 Å². The van der Waals surface area contributed by atoms with Crippen molar-refractivity contribution in [1.82, 2.24) is 0 Å². The summed E-state index contributed by atoms with van der Waals surface area (Å²) in [7, 11) is 0. The van der Waals surface area contributed by atoms with Gasteiger partial charge in [0.1, 0.15) is 0 Å². The smallest absolute Gasteiger partial charge is 0.0596 e. The Bertz CT molecular complexity index is 255. The van der Waals surface area contributed by atoms with Crippen LogP contribution in [0.25, 0.3) is 0 Å². The predicted molar refractivity (Wildman–Crippen MR) is 123 cm³/mol. The highest BCUT2D eigenvalue weighted by Crippen LogP contribution is 2.42. The molecule has 1 heteroatoms. The Labute approximate surface area is 173 Å². The van der Waals surface area contributed by atoms with E-state index in [0.29, 0.717) is 0 Å². The van der Waals surface area contributed by atoms with Gasteiger partial charge in [-0.1, -0.05) is 130 Å². The van der Waals surface area contributed by atoms with E-state index >= 15 is 0 Å². The topological polar surface area (TPSA) is 20.2 Å². The molecule has 164 valence electrons. The summed E-state index contributed by atoms with van der Waals surface area (Å²) >= 11 is 0. The molecule has 1 N–H and O–H groups in total. The van der Waals surface area contributed by atoms with Crippen LogP contribution in [-0.4, -0.2) is 11.2 Å². The van der Waals surface area contributed by atoms with Crippen LogP contribution in [0.3, 0.4) is 0 Å². The van der Waals surface area contributed by atoms with E-state index in [9.17, 15) is 5.11 Å². The number of aliphatic hydroxyl groups is 1. The molecule has 0 rings (SSSR count). The van der Waals surface area contributed by atoms with Crippen LogP contribution in [0.5, 0.6) is 0 Å². The maximum atomic E-state index is 11.3. The van der Waals surface area contributed by atoms with Crippen LogP contribution >= 0.6 is 0 Å². The molecule has 0 aromatic rings. The quantitative estimate of drug-likeness (QED) is 0.196. The molecular formula is C26H54O. The Hall–Kier alpha value is -0.0400. The van der Waals surface area contributed by atoms with Crippen LogP contribution in [0.4, 0.5) is 0 Å². The normalized spacial score (nSPS) is 13.2. The van der Waals surface area contributed by atoms with E-state index in [1.165, 1.54) is 122 Å². The molecule has 0 saturated heterocycles. The van der Waals surface area contributed by atoms with Crippen molar-refractivity contribution in [2.45, 2.75) is 162 Å². The summed E-state index contributed by atoms with van der Waals surface area (Å²) in [6.07, 6.45) is 25.9. The van der Waals surface area contributed by atoms with Crippen LogP contribution in [0.1, 0.15) is 156 Å². The van der Waals surface area contributed by atoms with Gasteiger partial charge in [0.25, 0.3) is 0 Å². The fourth-order valence-corrected chi connectivity index (χ4v) is 4.66. The lowest BCUT2D eigenvalue weighted by atomic mass is 9.68. The Morgan fingerprint density at radius 3 is 1.15 bits per heavy atom. The van der Waals surface area contributed by atoms with Crippen molar-refractivity contribution >= 4 is 0 Å². The van der Waals surface area contributed by atoms with Crippen LogP contribution < -0.4 is 0 Å². The molecule has 1 atom stereocenters. The summed E-state index contributed by atoms with van der Waals surface area (Å²) in [5.41, 5.74) is 0.210. The van der Waals surface area contributed by atoms with E-state index in [0.717, 1.165) is 6.42 Å². The molecule has 0 radical (unpaired) electrons. The largest absolute Gasteiger partial charge is 0.393 e. The lowest BCUT2D eigenvalue weighted by molar-refractivity contribution is -0.00886. The van der Waals surface area contributed by atoms with Gasteiger partial charge in [-0.25, -0.2) is 0 Å². The SMILES string of the molecule is CCCCCCC(O)C(CCCCCC)(CCCCCC)CCCCCC. The lowest BCUT2D eigenvalue weighted by Crippen LogP contribution is -2.35. The summed E-state index contributed by atoms with van der Waals surface area (Å²) in [6.45, 7) is 9.16. The molecule has 0 fully saturated rings. The van der Waals surface area contributed by atoms with Crippen molar-refractivity contribution in [1.29, 1.82) is 0 Å². The molecule has 0 heterocycles. The van der Waals surface area contributed by atoms with Gasteiger partial charge < -0.3 is 5.11 Å². The number of rotatable bonds is 21. The maximum Gasteiger partial charge on any atom is 0.0596 e. The van der Waals surface area contributed by atoms with Gasteiger partial charge in [-0.2, -0.15) is 0 Å². The monoisotopic (exact) mass is 382 g/mol. The number of hydrogen-bond donors (Lipinski definition) is 1. The van der Waals surface area contributed by atoms with Crippen molar-refractivity contribution < 1.29 is 5.11 Å². The van der Waals surface area contributed by atoms with Crippen LogP contribution in [0.15, 0.2) is 0 Å². The molecule has 0 aliphatic heterocycles. The number of unbranched alkanes of at least 4 members (excludes halogenated alkanes) is 12. The molecule has 0 bridgehead atoms. The highest BCUT2D eigenvalue weighted by atomic mass is 16.3. The molecule has 0 aromatic heterocycles. The lowest BCUT2D eigenvalue weighted by Gasteiger charge is -2.39. The van der Waals surface area contributed by atoms with Gasteiger partial charge >= 0.3 is 0 Å².